The lowest BCUT2D eigenvalue weighted by atomic mass is 9.89. The van der Waals surface area contributed by atoms with E-state index in [2.05, 4.69) is 10.2 Å². The van der Waals surface area contributed by atoms with Crippen molar-refractivity contribution in [3.8, 4) is 0 Å². The number of hydrogen-bond donors (Lipinski definition) is 2. The molecule has 0 aromatic heterocycles. The van der Waals surface area contributed by atoms with E-state index in [-0.39, 0.29) is 11.3 Å². The highest BCUT2D eigenvalue weighted by Gasteiger charge is 2.40. The van der Waals surface area contributed by atoms with Gasteiger partial charge in [0.15, 0.2) is 0 Å². The number of carbonyl (C=O) groups excluding carboxylic acids is 1. The van der Waals surface area contributed by atoms with Crippen LogP contribution in [0.4, 0.5) is 5.69 Å². The Bertz CT molecular complexity index is 517. The first kappa shape index (κ1) is 13.8. The predicted molar refractivity (Wildman–Crippen MR) is 81.3 cm³/mol. The third kappa shape index (κ3) is 2.56. The molecule has 4 nitrogen and oxygen atoms in total. The lowest BCUT2D eigenvalue weighted by molar-refractivity contribution is -0.128. The van der Waals surface area contributed by atoms with Crippen LogP contribution < -0.4 is 16.0 Å². The van der Waals surface area contributed by atoms with Crippen molar-refractivity contribution in [2.45, 2.75) is 13.3 Å². The topological polar surface area (TPSA) is 58.4 Å². The number of nitrogens with zero attached hydrogens (tertiary/aromatic N) is 1. The molecular formula is C14H19N3OS. The average Bonchev–Trinajstić information content (AvgIpc) is 2.81. The van der Waals surface area contributed by atoms with Crippen LogP contribution in [0.3, 0.4) is 0 Å². The molecule has 0 radical (unpaired) electrons. The maximum absolute atomic E-state index is 11.9. The smallest absolute Gasteiger partial charge is 0.227 e. The van der Waals surface area contributed by atoms with Crippen molar-refractivity contribution in [3.63, 3.8) is 0 Å². The molecule has 1 aliphatic rings. The lowest BCUT2D eigenvalue weighted by Gasteiger charge is -2.25. The fraction of sp³-hybridized carbons (Fsp3) is 0.429. The number of nitrogens with two attached hydrogens (primary N) is 1. The van der Waals surface area contributed by atoms with Crippen LogP contribution in [0.25, 0.3) is 0 Å². The minimum atomic E-state index is -0.349. The second kappa shape index (κ2) is 5.17. The van der Waals surface area contributed by atoms with Gasteiger partial charge >= 0.3 is 0 Å². The summed E-state index contributed by atoms with van der Waals surface area (Å²) in [5.41, 5.74) is 7.30. The predicted octanol–water partition coefficient (Wildman–Crippen LogP) is 1.28. The van der Waals surface area contributed by atoms with Gasteiger partial charge in [0.1, 0.15) is 4.99 Å². The first-order valence-corrected chi connectivity index (χ1v) is 6.75. The zero-order chi connectivity index (χ0) is 14.0. The van der Waals surface area contributed by atoms with Gasteiger partial charge in [-0.15, -0.1) is 0 Å². The molecule has 3 N–H and O–H groups in total. The van der Waals surface area contributed by atoms with Crippen LogP contribution in [0.1, 0.15) is 18.9 Å². The molecule has 0 spiro atoms. The van der Waals surface area contributed by atoms with Crippen molar-refractivity contribution in [3.05, 3.63) is 29.8 Å². The van der Waals surface area contributed by atoms with E-state index in [1.54, 1.807) is 7.05 Å². The first-order chi connectivity index (χ1) is 8.98. The SMILES string of the molecule is CNC(=O)C1(C)CCN(c2ccccc2C(N)=S)C1. The summed E-state index contributed by atoms with van der Waals surface area (Å²) in [5.74, 6) is 0.0859. The maximum atomic E-state index is 11.9. The van der Waals surface area contributed by atoms with Gasteiger partial charge < -0.3 is 16.0 Å². The minimum Gasteiger partial charge on any atom is -0.389 e. The van der Waals surface area contributed by atoms with Crippen LogP contribution in [0.2, 0.25) is 0 Å². The Labute approximate surface area is 119 Å². The largest absolute Gasteiger partial charge is 0.389 e. The molecule has 1 aliphatic heterocycles. The number of carbonyl (C=O) groups is 1. The number of nitrogens with one attached hydrogen (secondary N) is 1. The number of amides is 1. The minimum absolute atomic E-state index is 0.0859. The summed E-state index contributed by atoms with van der Waals surface area (Å²) < 4.78 is 0. The van der Waals surface area contributed by atoms with Gasteiger partial charge in [-0.25, -0.2) is 0 Å². The normalized spacial score (nSPS) is 22.3. The molecule has 0 saturated carbocycles. The van der Waals surface area contributed by atoms with Crippen molar-refractivity contribution >= 4 is 28.8 Å². The van der Waals surface area contributed by atoms with Crippen molar-refractivity contribution in [2.24, 2.45) is 11.1 Å². The Morgan fingerprint density at radius 2 is 2.16 bits per heavy atom. The summed E-state index contributed by atoms with van der Waals surface area (Å²) in [6.07, 6.45) is 0.832. The summed E-state index contributed by atoms with van der Waals surface area (Å²) in [4.78, 5) is 14.5. The zero-order valence-electron chi connectivity index (χ0n) is 11.3. The Hall–Kier alpha value is -1.62. The van der Waals surface area contributed by atoms with Gasteiger partial charge in [0.2, 0.25) is 5.91 Å². The van der Waals surface area contributed by atoms with Crippen LogP contribution in [-0.4, -0.2) is 31.0 Å². The lowest BCUT2D eigenvalue weighted by Crippen LogP contribution is -2.39. The monoisotopic (exact) mass is 277 g/mol. The molecule has 1 aromatic carbocycles. The molecule has 19 heavy (non-hydrogen) atoms. The van der Waals surface area contributed by atoms with E-state index in [1.165, 1.54) is 0 Å². The van der Waals surface area contributed by atoms with Gasteiger partial charge in [-0.1, -0.05) is 24.4 Å². The van der Waals surface area contributed by atoms with Crippen LogP contribution in [0.5, 0.6) is 0 Å². The number of benzene rings is 1. The number of para-hydroxylation sites is 1. The molecular weight excluding hydrogens is 258 g/mol. The molecule has 1 atom stereocenters. The van der Waals surface area contributed by atoms with Gasteiger partial charge in [0.25, 0.3) is 0 Å². The molecule has 1 heterocycles. The van der Waals surface area contributed by atoms with Gasteiger partial charge in [0, 0.05) is 31.4 Å². The Morgan fingerprint density at radius 3 is 2.79 bits per heavy atom. The number of anilines is 1. The Balaban J connectivity index is 2.27. The van der Waals surface area contributed by atoms with Gasteiger partial charge in [-0.2, -0.15) is 0 Å². The fourth-order valence-electron chi connectivity index (χ4n) is 2.61. The summed E-state index contributed by atoms with van der Waals surface area (Å²) in [5, 5.41) is 2.74. The number of hydrogen-bond acceptors (Lipinski definition) is 3. The number of rotatable bonds is 3. The third-order valence-corrected chi connectivity index (χ3v) is 3.98. The molecule has 1 saturated heterocycles. The quantitative estimate of drug-likeness (QED) is 0.817. The maximum Gasteiger partial charge on any atom is 0.227 e. The van der Waals surface area contributed by atoms with E-state index in [1.807, 2.05) is 31.2 Å². The van der Waals surface area contributed by atoms with Gasteiger partial charge in [-0.05, 0) is 25.5 Å². The van der Waals surface area contributed by atoms with Crippen molar-refractivity contribution in [1.29, 1.82) is 0 Å². The second-order valence-corrected chi connectivity index (χ2v) is 5.63. The van der Waals surface area contributed by atoms with E-state index in [0.717, 1.165) is 24.2 Å². The van der Waals surface area contributed by atoms with Crippen LogP contribution >= 0.6 is 12.2 Å². The summed E-state index contributed by atoms with van der Waals surface area (Å²) in [6.45, 7) is 3.52. The third-order valence-electron chi connectivity index (χ3n) is 3.76. The molecule has 1 aromatic rings. The van der Waals surface area contributed by atoms with Crippen LogP contribution in [-0.2, 0) is 4.79 Å². The molecule has 1 fully saturated rings. The highest BCUT2D eigenvalue weighted by atomic mass is 32.1. The van der Waals surface area contributed by atoms with E-state index in [9.17, 15) is 4.79 Å². The standard InChI is InChI=1S/C14H19N3OS/c1-14(13(18)16-2)7-8-17(9-14)11-6-4-3-5-10(11)12(15)19/h3-6H,7-9H2,1-2H3,(H2,15,19)(H,16,18). The second-order valence-electron chi connectivity index (χ2n) is 5.19. The summed E-state index contributed by atoms with van der Waals surface area (Å²) >= 11 is 5.09. The Kier molecular flexibility index (Phi) is 3.75. The molecule has 102 valence electrons. The molecule has 0 aliphatic carbocycles. The molecule has 2 rings (SSSR count). The fourth-order valence-corrected chi connectivity index (χ4v) is 2.78. The van der Waals surface area contributed by atoms with E-state index in [0.29, 0.717) is 11.5 Å². The van der Waals surface area contributed by atoms with Crippen molar-refractivity contribution < 1.29 is 4.79 Å². The highest BCUT2D eigenvalue weighted by molar-refractivity contribution is 7.80. The summed E-state index contributed by atoms with van der Waals surface area (Å²) in [6, 6.07) is 7.82. The van der Waals surface area contributed by atoms with Crippen LogP contribution in [0.15, 0.2) is 24.3 Å². The van der Waals surface area contributed by atoms with Crippen molar-refractivity contribution in [1.82, 2.24) is 5.32 Å². The van der Waals surface area contributed by atoms with Gasteiger partial charge in [0.05, 0.1) is 5.41 Å². The van der Waals surface area contributed by atoms with E-state index >= 15 is 0 Å². The Morgan fingerprint density at radius 1 is 1.47 bits per heavy atom. The summed E-state index contributed by atoms with van der Waals surface area (Å²) in [7, 11) is 1.68. The molecule has 5 heteroatoms. The van der Waals surface area contributed by atoms with Crippen molar-refractivity contribution in [2.75, 3.05) is 25.0 Å². The zero-order valence-corrected chi connectivity index (χ0v) is 12.1. The first-order valence-electron chi connectivity index (χ1n) is 6.34. The molecule has 0 bridgehead atoms. The molecule has 1 amide bonds. The van der Waals surface area contributed by atoms with E-state index in [4.69, 9.17) is 18.0 Å². The highest BCUT2D eigenvalue weighted by Crippen LogP contribution is 2.34. The van der Waals surface area contributed by atoms with E-state index < -0.39 is 0 Å². The molecule has 1 unspecified atom stereocenters. The average molecular weight is 277 g/mol. The van der Waals surface area contributed by atoms with Crippen LogP contribution in [0, 0.1) is 5.41 Å². The van der Waals surface area contributed by atoms with Gasteiger partial charge in [-0.3, -0.25) is 4.79 Å². The number of thiocarbonyl (C=S) groups is 1.